The highest BCUT2D eigenvalue weighted by atomic mass is 32.2. The third-order valence-corrected chi connectivity index (χ3v) is 5.93. The molecule has 7 nitrogen and oxygen atoms in total. The van der Waals surface area contributed by atoms with E-state index in [1.165, 1.54) is 11.8 Å². The number of ketones is 1. The summed E-state index contributed by atoms with van der Waals surface area (Å²) >= 11 is 1.53. The minimum atomic E-state index is -0.489. The van der Waals surface area contributed by atoms with E-state index in [4.69, 9.17) is 18.9 Å². The Bertz CT molecular complexity index is 975. The summed E-state index contributed by atoms with van der Waals surface area (Å²) in [7, 11) is 0. The Morgan fingerprint density at radius 3 is 2.06 bits per heavy atom. The molecule has 0 N–H and O–H groups in total. The molecule has 0 radical (unpaired) electrons. The third-order valence-electron chi connectivity index (χ3n) is 4.92. The van der Waals surface area contributed by atoms with Crippen LogP contribution in [0, 0.1) is 0 Å². The number of benzene rings is 2. The molecule has 0 bridgehead atoms. The van der Waals surface area contributed by atoms with Gasteiger partial charge < -0.3 is 18.9 Å². The van der Waals surface area contributed by atoms with Crippen molar-refractivity contribution >= 4 is 29.5 Å². The number of hydrogen-bond acceptors (Lipinski definition) is 8. The first kappa shape index (κ1) is 29.3. The fraction of sp³-hybridized carbons (Fsp3) is 0.393. The van der Waals surface area contributed by atoms with Crippen LogP contribution >= 0.6 is 11.8 Å². The summed E-state index contributed by atoms with van der Waals surface area (Å²) in [6.45, 7) is 9.47. The van der Waals surface area contributed by atoms with Crippen LogP contribution < -0.4 is 0 Å². The van der Waals surface area contributed by atoms with Crippen molar-refractivity contribution in [3.05, 3.63) is 78.4 Å². The summed E-state index contributed by atoms with van der Waals surface area (Å²) in [4.78, 5) is 36.7. The van der Waals surface area contributed by atoms with Crippen molar-refractivity contribution in [2.75, 3.05) is 25.6 Å². The molecule has 0 aliphatic heterocycles. The van der Waals surface area contributed by atoms with Gasteiger partial charge in [0, 0.05) is 27.9 Å². The molecule has 36 heavy (non-hydrogen) atoms. The first-order valence-electron chi connectivity index (χ1n) is 11.8. The van der Waals surface area contributed by atoms with Gasteiger partial charge in [-0.2, -0.15) is 0 Å². The van der Waals surface area contributed by atoms with Crippen LogP contribution in [0.2, 0.25) is 0 Å². The van der Waals surface area contributed by atoms with Gasteiger partial charge in [-0.25, -0.2) is 4.79 Å². The van der Waals surface area contributed by atoms with E-state index in [1.54, 1.807) is 38.1 Å². The average molecular weight is 515 g/mol. The van der Waals surface area contributed by atoms with Crippen LogP contribution in [-0.4, -0.2) is 61.6 Å². The van der Waals surface area contributed by atoms with E-state index in [-0.39, 0.29) is 49.7 Å². The first-order valence-corrected chi connectivity index (χ1v) is 12.8. The van der Waals surface area contributed by atoms with Gasteiger partial charge in [-0.1, -0.05) is 36.9 Å². The maximum atomic E-state index is 12.5. The number of thioether (sulfide) groups is 1. The van der Waals surface area contributed by atoms with Gasteiger partial charge in [-0.15, -0.1) is 11.8 Å². The monoisotopic (exact) mass is 514 g/mol. The fourth-order valence-corrected chi connectivity index (χ4v) is 3.82. The van der Waals surface area contributed by atoms with Crippen LogP contribution in [-0.2, 0) is 28.5 Å². The van der Waals surface area contributed by atoms with Crippen molar-refractivity contribution in [1.29, 1.82) is 0 Å². The van der Waals surface area contributed by atoms with Crippen LogP contribution in [0.5, 0.6) is 0 Å². The zero-order chi connectivity index (χ0) is 26.3. The van der Waals surface area contributed by atoms with Crippen molar-refractivity contribution in [3.63, 3.8) is 0 Å². The van der Waals surface area contributed by atoms with Crippen molar-refractivity contribution in [3.8, 4) is 0 Å². The van der Waals surface area contributed by atoms with Crippen LogP contribution in [0.15, 0.2) is 72.1 Å². The second kappa shape index (κ2) is 15.9. The number of carbonyl (C=O) groups excluding carboxylic acids is 3. The summed E-state index contributed by atoms with van der Waals surface area (Å²) in [6.07, 6.45) is 0.496. The molecule has 0 aliphatic rings. The van der Waals surface area contributed by atoms with E-state index in [9.17, 15) is 14.4 Å². The van der Waals surface area contributed by atoms with Crippen molar-refractivity contribution < 1.29 is 33.3 Å². The molecular weight excluding hydrogens is 480 g/mol. The van der Waals surface area contributed by atoms with Crippen molar-refractivity contribution in [2.24, 2.45) is 0 Å². The molecule has 0 saturated heterocycles. The standard InChI is InChI=1S/C28H34O7S/c1-5-26(29)34-18-21(3)32-17-20(2)33-19-22(4)35-27(30)15-16-36-25-13-11-24(12-14-25)28(31)23-9-7-6-8-10-23/h5-14,20-22H,1,15-19H2,2-4H3. The minimum absolute atomic E-state index is 0.0173. The zero-order valence-electron chi connectivity index (χ0n) is 21.0. The highest BCUT2D eigenvalue weighted by molar-refractivity contribution is 7.99. The Balaban J connectivity index is 1.61. The van der Waals surface area contributed by atoms with E-state index in [2.05, 4.69) is 6.58 Å². The minimum Gasteiger partial charge on any atom is -0.460 e. The van der Waals surface area contributed by atoms with E-state index in [1.807, 2.05) is 37.3 Å². The van der Waals surface area contributed by atoms with Gasteiger partial charge in [0.05, 0.1) is 31.8 Å². The lowest BCUT2D eigenvalue weighted by Gasteiger charge is -2.19. The van der Waals surface area contributed by atoms with Crippen LogP contribution in [0.25, 0.3) is 0 Å². The van der Waals surface area contributed by atoms with Gasteiger partial charge >= 0.3 is 11.9 Å². The van der Waals surface area contributed by atoms with E-state index in [0.717, 1.165) is 11.0 Å². The summed E-state index contributed by atoms with van der Waals surface area (Å²) < 4.78 is 21.6. The predicted octanol–water partition coefficient (Wildman–Crippen LogP) is 4.87. The van der Waals surface area contributed by atoms with E-state index in [0.29, 0.717) is 23.5 Å². The highest BCUT2D eigenvalue weighted by Crippen LogP contribution is 2.21. The van der Waals surface area contributed by atoms with Gasteiger partial charge in [-0.05, 0) is 45.0 Å². The largest absolute Gasteiger partial charge is 0.460 e. The number of rotatable bonds is 16. The average Bonchev–Trinajstić information content (AvgIpc) is 2.89. The van der Waals surface area contributed by atoms with E-state index >= 15 is 0 Å². The lowest BCUT2D eigenvalue weighted by molar-refractivity contribution is -0.153. The van der Waals surface area contributed by atoms with E-state index < -0.39 is 5.97 Å². The molecule has 0 fully saturated rings. The molecule has 2 aromatic carbocycles. The molecule has 0 aliphatic carbocycles. The topological polar surface area (TPSA) is 88.1 Å². The molecule has 8 heteroatoms. The molecular formula is C28H34O7S. The lowest BCUT2D eigenvalue weighted by atomic mass is 10.0. The Kier molecular flexibility index (Phi) is 13.0. The molecule has 0 spiro atoms. The molecule has 0 aromatic heterocycles. The number of ether oxygens (including phenoxy) is 4. The normalized spacial score (nSPS) is 13.3. The Morgan fingerprint density at radius 1 is 0.833 bits per heavy atom. The quantitative estimate of drug-likeness (QED) is 0.136. The Labute approximate surface area is 217 Å². The Morgan fingerprint density at radius 2 is 1.42 bits per heavy atom. The summed E-state index contributed by atoms with van der Waals surface area (Å²) in [5.74, 6) is -0.235. The maximum absolute atomic E-state index is 12.5. The lowest BCUT2D eigenvalue weighted by Crippen LogP contribution is -2.28. The van der Waals surface area contributed by atoms with Gasteiger partial charge in [0.1, 0.15) is 12.7 Å². The number of esters is 2. The second-order valence-electron chi connectivity index (χ2n) is 8.24. The molecule has 0 saturated carbocycles. The molecule has 3 unspecified atom stereocenters. The smallest absolute Gasteiger partial charge is 0.330 e. The number of carbonyl (C=O) groups is 3. The second-order valence-corrected chi connectivity index (χ2v) is 9.41. The SMILES string of the molecule is C=CC(=O)OCC(C)OCC(C)OCC(C)OC(=O)CCSc1ccc(C(=O)c2ccccc2)cc1. The predicted molar refractivity (Wildman–Crippen MR) is 139 cm³/mol. The van der Waals surface area contributed by atoms with Gasteiger partial charge in [0.2, 0.25) is 0 Å². The van der Waals surface area contributed by atoms with Crippen molar-refractivity contribution in [1.82, 2.24) is 0 Å². The summed E-state index contributed by atoms with van der Waals surface area (Å²) in [6, 6.07) is 16.5. The maximum Gasteiger partial charge on any atom is 0.330 e. The molecule has 0 heterocycles. The van der Waals surface area contributed by atoms with Gasteiger partial charge in [-0.3, -0.25) is 9.59 Å². The van der Waals surface area contributed by atoms with Gasteiger partial charge in [0.15, 0.2) is 5.78 Å². The molecule has 2 rings (SSSR count). The summed E-state index contributed by atoms with van der Waals surface area (Å²) in [5.41, 5.74) is 1.28. The molecule has 2 aromatic rings. The fourth-order valence-electron chi connectivity index (χ4n) is 2.98. The van der Waals surface area contributed by atoms with Crippen molar-refractivity contribution in [2.45, 2.75) is 50.4 Å². The highest BCUT2D eigenvalue weighted by Gasteiger charge is 2.14. The van der Waals surface area contributed by atoms with Crippen LogP contribution in [0.3, 0.4) is 0 Å². The Hall–Kier alpha value is -2.94. The molecule has 0 amide bonds. The summed E-state index contributed by atoms with van der Waals surface area (Å²) in [5, 5.41) is 0. The van der Waals surface area contributed by atoms with Crippen LogP contribution in [0.1, 0.15) is 43.1 Å². The van der Waals surface area contributed by atoms with Gasteiger partial charge in [0.25, 0.3) is 0 Å². The number of hydrogen-bond donors (Lipinski definition) is 0. The zero-order valence-corrected chi connectivity index (χ0v) is 21.8. The first-order chi connectivity index (χ1) is 17.3. The third kappa shape index (κ3) is 11.2. The molecule has 194 valence electrons. The van der Waals surface area contributed by atoms with Crippen LogP contribution in [0.4, 0.5) is 0 Å². The molecule has 3 atom stereocenters.